The van der Waals surface area contributed by atoms with Crippen molar-refractivity contribution in [3.05, 3.63) is 24.0 Å². The van der Waals surface area contributed by atoms with Gasteiger partial charge in [-0.25, -0.2) is 0 Å². The van der Waals surface area contributed by atoms with E-state index in [1.807, 2.05) is 0 Å². The Balaban J connectivity index is 2.11. The number of hydrogen-bond donors (Lipinski definition) is 2. The summed E-state index contributed by atoms with van der Waals surface area (Å²) < 4.78 is 0. The molecule has 86 valence electrons. The molecule has 1 saturated heterocycles. The molecule has 0 spiro atoms. The fourth-order valence-electron chi connectivity index (χ4n) is 1.78. The Hall–Kier alpha value is -1.62. The van der Waals surface area contributed by atoms with Gasteiger partial charge in [-0.05, 0) is 19.0 Å². The average molecular weight is 221 g/mol. The monoisotopic (exact) mass is 221 g/mol. The number of nitrogens with zero attached hydrogens (tertiary/aromatic N) is 2. The van der Waals surface area contributed by atoms with Gasteiger partial charge in [-0.1, -0.05) is 0 Å². The predicted octanol–water partition coefficient (Wildman–Crippen LogP) is 0.223. The fourth-order valence-corrected chi connectivity index (χ4v) is 1.78. The SMILES string of the molecule is O=C(c1cncc(O)c1)N1CCCNCC1. The summed E-state index contributed by atoms with van der Waals surface area (Å²) in [6.07, 6.45) is 3.76. The minimum absolute atomic E-state index is 0.0267. The Morgan fingerprint density at radius 3 is 3.06 bits per heavy atom. The van der Waals surface area contributed by atoms with Gasteiger partial charge in [0, 0.05) is 25.8 Å². The van der Waals surface area contributed by atoms with Gasteiger partial charge in [0.2, 0.25) is 0 Å². The van der Waals surface area contributed by atoms with Gasteiger partial charge in [0.15, 0.2) is 0 Å². The van der Waals surface area contributed by atoms with E-state index in [9.17, 15) is 9.90 Å². The molecule has 1 fully saturated rings. The maximum absolute atomic E-state index is 12.1. The molecule has 0 radical (unpaired) electrons. The van der Waals surface area contributed by atoms with Crippen LogP contribution in [0, 0.1) is 0 Å². The van der Waals surface area contributed by atoms with Crippen LogP contribution in [-0.4, -0.2) is 47.1 Å². The number of aromatic hydroxyl groups is 1. The average Bonchev–Trinajstić information content (AvgIpc) is 2.56. The highest BCUT2D eigenvalue weighted by atomic mass is 16.3. The van der Waals surface area contributed by atoms with E-state index < -0.39 is 0 Å². The predicted molar refractivity (Wildman–Crippen MR) is 59.3 cm³/mol. The second-order valence-corrected chi connectivity index (χ2v) is 3.83. The summed E-state index contributed by atoms with van der Waals surface area (Å²) in [4.78, 5) is 17.7. The Morgan fingerprint density at radius 1 is 1.38 bits per heavy atom. The quantitative estimate of drug-likeness (QED) is 0.712. The number of carbonyl (C=O) groups excluding carboxylic acids is 1. The van der Waals surface area contributed by atoms with Crippen LogP contribution in [0.3, 0.4) is 0 Å². The van der Waals surface area contributed by atoms with Gasteiger partial charge in [-0.3, -0.25) is 9.78 Å². The van der Waals surface area contributed by atoms with E-state index in [0.29, 0.717) is 12.1 Å². The fraction of sp³-hybridized carbons (Fsp3) is 0.455. The molecule has 0 saturated carbocycles. The van der Waals surface area contributed by atoms with E-state index in [4.69, 9.17) is 0 Å². The first kappa shape index (κ1) is 10.9. The van der Waals surface area contributed by atoms with E-state index in [2.05, 4.69) is 10.3 Å². The smallest absolute Gasteiger partial charge is 0.255 e. The van der Waals surface area contributed by atoms with Gasteiger partial charge in [0.25, 0.3) is 5.91 Å². The molecule has 0 aliphatic carbocycles. The standard InChI is InChI=1S/C11H15N3O2/c15-10-6-9(7-13-8-10)11(16)14-4-1-2-12-3-5-14/h6-8,12,15H,1-5H2. The summed E-state index contributed by atoms with van der Waals surface area (Å²) in [6.45, 7) is 3.22. The van der Waals surface area contributed by atoms with E-state index in [1.165, 1.54) is 18.5 Å². The van der Waals surface area contributed by atoms with Gasteiger partial charge >= 0.3 is 0 Å². The number of amides is 1. The lowest BCUT2D eigenvalue weighted by Crippen LogP contribution is -2.34. The number of rotatable bonds is 1. The van der Waals surface area contributed by atoms with E-state index >= 15 is 0 Å². The van der Waals surface area contributed by atoms with E-state index in [0.717, 1.165) is 26.1 Å². The van der Waals surface area contributed by atoms with Crippen LogP contribution in [0.5, 0.6) is 5.75 Å². The van der Waals surface area contributed by atoms with Crippen molar-refractivity contribution in [3.8, 4) is 5.75 Å². The Morgan fingerprint density at radius 2 is 2.25 bits per heavy atom. The molecule has 2 N–H and O–H groups in total. The third kappa shape index (κ3) is 2.49. The van der Waals surface area contributed by atoms with Gasteiger partial charge in [0.05, 0.1) is 11.8 Å². The summed E-state index contributed by atoms with van der Waals surface area (Å²) in [5.74, 6) is -0.0362. The molecule has 1 aromatic rings. The van der Waals surface area contributed by atoms with Crippen molar-refractivity contribution < 1.29 is 9.90 Å². The maximum Gasteiger partial charge on any atom is 0.255 e. The van der Waals surface area contributed by atoms with Crippen molar-refractivity contribution in [2.45, 2.75) is 6.42 Å². The molecule has 1 amide bonds. The Kier molecular flexibility index (Phi) is 3.36. The number of nitrogens with one attached hydrogen (secondary N) is 1. The van der Waals surface area contributed by atoms with Gasteiger partial charge < -0.3 is 15.3 Å². The van der Waals surface area contributed by atoms with Crippen molar-refractivity contribution in [3.63, 3.8) is 0 Å². The molecule has 1 aliphatic rings. The second kappa shape index (κ2) is 4.94. The van der Waals surface area contributed by atoms with E-state index in [-0.39, 0.29) is 11.7 Å². The third-order valence-electron chi connectivity index (χ3n) is 2.60. The van der Waals surface area contributed by atoms with Crippen molar-refractivity contribution >= 4 is 5.91 Å². The molecule has 5 nitrogen and oxygen atoms in total. The van der Waals surface area contributed by atoms with Gasteiger partial charge in [0.1, 0.15) is 5.75 Å². The van der Waals surface area contributed by atoms with Crippen LogP contribution in [0.1, 0.15) is 16.8 Å². The first-order valence-electron chi connectivity index (χ1n) is 5.41. The van der Waals surface area contributed by atoms with Crippen LogP contribution < -0.4 is 5.32 Å². The molecular weight excluding hydrogens is 206 g/mol. The Bertz CT molecular complexity index is 373. The van der Waals surface area contributed by atoms with Crippen LogP contribution in [0.2, 0.25) is 0 Å². The minimum Gasteiger partial charge on any atom is -0.506 e. The number of aromatic nitrogens is 1. The first-order chi connectivity index (χ1) is 7.77. The van der Waals surface area contributed by atoms with Crippen LogP contribution in [0.15, 0.2) is 18.5 Å². The van der Waals surface area contributed by atoms with Gasteiger partial charge in [-0.2, -0.15) is 0 Å². The van der Waals surface area contributed by atoms with Crippen LogP contribution in [0.25, 0.3) is 0 Å². The summed E-state index contributed by atoms with van der Waals surface area (Å²) in [5.41, 5.74) is 0.446. The zero-order chi connectivity index (χ0) is 11.4. The molecule has 5 heteroatoms. The summed E-state index contributed by atoms with van der Waals surface area (Å²) >= 11 is 0. The normalized spacial score (nSPS) is 16.9. The zero-order valence-electron chi connectivity index (χ0n) is 9.02. The molecule has 1 aliphatic heterocycles. The molecule has 0 unspecified atom stereocenters. The second-order valence-electron chi connectivity index (χ2n) is 3.83. The number of carbonyl (C=O) groups is 1. The Labute approximate surface area is 94.1 Å². The van der Waals surface area contributed by atoms with Crippen LogP contribution >= 0.6 is 0 Å². The highest BCUT2D eigenvalue weighted by Gasteiger charge is 2.17. The van der Waals surface area contributed by atoms with Gasteiger partial charge in [-0.15, -0.1) is 0 Å². The topological polar surface area (TPSA) is 65.5 Å². The lowest BCUT2D eigenvalue weighted by atomic mass is 10.2. The number of pyridine rings is 1. The summed E-state index contributed by atoms with van der Waals surface area (Å²) in [6, 6.07) is 1.45. The van der Waals surface area contributed by atoms with Crippen LogP contribution in [-0.2, 0) is 0 Å². The first-order valence-corrected chi connectivity index (χ1v) is 5.41. The largest absolute Gasteiger partial charge is 0.506 e. The molecule has 16 heavy (non-hydrogen) atoms. The molecule has 0 bridgehead atoms. The summed E-state index contributed by atoms with van der Waals surface area (Å²) in [7, 11) is 0. The zero-order valence-corrected chi connectivity index (χ0v) is 9.02. The number of hydrogen-bond acceptors (Lipinski definition) is 4. The van der Waals surface area contributed by atoms with Crippen molar-refractivity contribution in [1.29, 1.82) is 0 Å². The molecule has 0 atom stereocenters. The lowest BCUT2D eigenvalue weighted by Gasteiger charge is -2.19. The summed E-state index contributed by atoms with van der Waals surface area (Å²) in [5, 5.41) is 12.5. The molecule has 2 rings (SSSR count). The highest BCUT2D eigenvalue weighted by molar-refractivity contribution is 5.94. The highest BCUT2D eigenvalue weighted by Crippen LogP contribution is 2.11. The third-order valence-corrected chi connectivity index (χ3v) is 2.60. The lowest BCUT2D eigenvalue weighted by molar-refractivity contribution is 0.0765. The van der Waals surface area contributed by atoms with Crippen molar-refractivity contribution in [2.75, 3.05) is 26.2 Å². The molecular formula is C11H15N3O2. The van der Waals surface area contributed by atoms with Crippen molar-refractivity contribution in [1.82, 2.24) is 15.2 Å². The van der Waals surface area contributed by atoms with Crippen molar-refractivity contribution in [2.24, 2.45) is 0 Å². The molecule has 1 aromatic heterocycles. The van der Waals surface area contributed by atoms with Crippen LogP contribution in [0.4, 0.5) is 0 Å². The molecule has 2 heterocycles. The maximum atomic E-state index is 12.1. The minimum atomic E-state index is -0.0629. The van der Waals surface area contributed by atoms with E-state index in [1.54, 1.807) is 4.90 Å². The molecule has 0 aromatic carbocycles.